The summed E-state index contributed by atoms with van der Waals surface area (Å²) in [6, 6.07) is 2.20. The summed E-state index contributed by atoms with van der Waals surface area (Å²) in [5.74, 6) is -1.62. The van der Waals surface area contributed by atoms with E-state index in [0.29, 0.717) is 16.8 Å². The van der Waals surface area contributed by atoms with Gasteiger partial charge in [-0.25, -0.2) is 4.79 Å². The minimum absolute atomic E-state index is 0.0884. The molecule has 1 aromatic heterocycles. The number of nitrogens with zero attached hydrogens (tertiary/aromatic N) is 1. The molecule has 0 aliphatic carbocycles. The van der Waals surface area contributed by atoms with E-state index < -0.39 is 29.0 Å². The second-order valence-electron chi connectivity index (χ2n) is 6.39. The van der Waals surface area contributed by atoms with E-state index in [0.717, 1.165) is 12.1 Å². The van der Waals surface area contributed by atoms with Crippen molar-refractivity contribution in [2.24, 2.45) is 0 Å². The molecule has 0 atom stereocenters. The smallest absolute Gasteiger partial charge is 0.345 e. The molecule has 1 heterocycles. The lowest BCUT2D eigenvalue weighted by Crippen LogP contribution is -2.16. The number of H-pyrrole nitrogens is 1. The Labute approximate surface area is 172 Å². The van der Waals surface area contributed by atoms with Crippen LogP contribution in [0.2, 0.25) is 0 Å². The number of rotatable bonds is 9. The molecular weight excluding hydrogens is 396 g/mol. The Morgan fingerprint density at radius 1 is 1.17 bits per heavy atom. The Kier molecular flexibility index (Phi) is 6.93. The van der Waals surface area contributed by atoms with Crippen LogP contribution in [0, 0.1) is 24.0 Å². The van der Waals surface area contributed by atoms with Crippen molar-refractivity contribution in [3.8, 4) is 11.5 Å². The van der Waals surface area contributed by atoms with Crippen molar-refractivity contribution in [1.29, 1.82) is 0 Å². The molecule has 10 nitrogen and oxygen atoms in total. The number of Topliss-reactive ketones (excluding diaryl/α,β-unsaturated/α-hetero) is 2. The van der Waals surface area contributed by atoms with Gasteiger partial charge in [-0.3, -0.25) is 19.7 Å². The number of nitro benzene ring substituents is 1. The normalized spacial score (nSPS) is 10.4. The molecule has 0 spiro atoms. The van der Waals surface area contributed by atoms with Crippen LogP contribution in [0.4, 0.5) is 5.69 Å². The number of hydrogen-bond acceptors (Lipinski definition) is 8. The maximum Gasteiger partial charge on any atom is 0.345 e. The number of hydrogen-bond donors (Lipinski definition) is 1. The van der Waals surface area contributed by atoms with Crippen molar-refractivity contribution < 1.29 is 33.5 Å². The van der Waals surface area contributed by atoms with Gasteiger partial charge in [-0.15, -0.1) is 0 Å². The van der Waals surface area contributed by atoms with E-state index in [1.54, 1.807) is 20.8 Å². The van der Waals surface area contributed by atoms with Crippen LogP contribution < -0.4 is 9.47 Å². The largest absolute Gasteiger partial charge is 0.493 e. The maximum atomic E-state index is 12.5. The molecule has 0 bridgehead atoms. The van der Waals surface area contributed by atoms with Crippen LogP contribution in [-0.2, 0) is 4.74 Å². The third-order valence-electron chi connectivity index (χ3n) is 4.40. The number of aromatic amines is 1. The van der Waals surface area contributed by atoms with E-state index in [1.807, 2.05) is 0 Å². The number of aromatic nitrogens is 1. The third-order valence-corrected chi connectivity index (χ3v) is 4.40. The van der Waals surface area contributed by atoms with Crippen molar-refractivity contribution in [2.45, 2.75) is 27.7 Å². The zero-order valence-electron chi connectivity index (χ0n) is 17.3. The predicted octanol–water partition coefficient (Wildman–Crippen LogP) is 3.19. The van der Waals surface area contributed by atoms with Crippen molar-refractivity contribution in [3.63, 3.8) is 0 Å². The number of nitro groups is 1. The Balaban J connectivity index is 2.29. The van der Waals surface area contributed by atoms with Crippen LogP contribution in [0.5, 0.6) is 11.5 Å². The van der Waals surface area contributed by atoms with Gasteiger partial charge in [-0.05, 0) is 33.3 Å². The molecule has 1 aromatic carbocycles. The van der Waals surface area contributed by atoms with Gasteiger partial charge in [0.05, 0.1) is 30.4 Å². The second-order valence-corrected chi connectivity index (χ2v) is 6.39. The average Bonchev–Trinajstić information content (AvgIpc) is 2.99. The van der Waals surface area contributed by atoms with Crippen molar-refractivity contribution >= 4 is 23.2 Å². The van der Waals surface area contributed by atoms with Gasteiger partial charge < -0.3 is 19.2 Å². The zero-order chi connectivity index (χ0) is 22.6. The zero-order valence-corrected chi connectivity index (χ0v) is 17.3. The maximum absolute atomic E-state index is 12.5. The first kappa shape index (κ1) is 22.6. The van der Waals surface area contributed by atoms with E-state index in [9.17, 15) is 24.5 Å². The molecule has 0 saturated heterocycles. The van der Waals surface area contributed by atoms with Gasteiger partial charge in [-0.1, -0.05) is 0 Å². The van der Waals surface area contributed by atoms with Crippen LogP contribution in [0.15, 0.2) is 12.1 Å². The summed E-state index contributed by atoms with van der Waals surface area (Å²) in [6.45, 7) is 5.93. The number of methoxy groups -OCH3 is 1. The highest BCUT2D eigenvalue weighted by Crippen LogP contribution is 2.35. The van der Waals surface area contributed by atoms with Crippen LogP contribution in [0.1, 0.15) is 56.3 Å². The Morgan fingerprint density at radius 3 is 2.33 bits per heavy atom. The highest BCUT2D eigenvalue weighted by molar-refractivity contribution is 6.04. The Bertz CT molecular complexity index is 1020. The molecule has 2 rings (SSSR count). The molecule has 160 valence electrons. The second kappa shape index (κ2) is 9.21. The van der Waals surface area contributed by atoms with Gasteiger partial charge in [0.1, 0.15) is 5.56 Å². The first-order valence-electron chi connectivity index (χ1n) is 9.01. The van der Waals surface area contributed by atoms with E-state index in [-0.39, 0.29) is 35.1 Å². The first-order chi connectivity index (χ1) is 14.1. The summed E-state index contributed by atoms with van der Waals surface area (Å²) in [4.78, 5) is 50.1. The number of carbonyl (C=O) groups is 3. The molecule has 10 heteroatoms. The fourth-order valence-electron chi connectivity index (χ4n) is 3.13. The quantitative estimate of drug-likeness (QED) is 0.284. The van der Waals surface area contributed by atoms with Crippen molar-refractivity contribution in [1.82, 2.24) is 4.98 Å². The van der Waals surface area contributed by atoms with Gasteiger partial charge in [0.25, 0.3) is 5.69 Å². The van der Waals surface area contributed by atoms with E-state index in [4.69, 9.17) is 14.2 Å². The summed E-state index contributed by atoms with van der Waals surface area (Å²) in [5.41, 5.74) is 0.609. The Morgan fingerprint density at radius 2 is 1.83 bits per heavy atom. The Hall–Kier alpha value is -3.69. The first-order valence-corrected chi connectivity index (χ1v) is 9.01. The lowest BCUT2D eigenvalue weighted by molar-refractivity contribution is -0.385. The molecule has 30 heavy (non-hydrogen) atoms. The highest BCUT2D eigenvalue weighted by Gasteiger charge is 2.27. The molecular formula is C20H22N2O8. The monoisotopic (exact) mass is 418 g/mol. The van der Waals surface area contributed by atoms with Gasteiger partial charge in [0.15, 0.2) is 23.9 Å². The lowest BCUT2D eigenvalue weighted by atomic mass is 10.1. The number of nitrogens with one attached hydrogen (secondary N) is 1. The molecule has 0 unspecified atom stereocenters. The summed E-state index contributed by atoms with van der Waals surface area (Å²) in [6.07, 6.45) is 0. The number of ether oxygens (including phenoxy) is 3. The molecule has 0 saturated carbocycles. The third kappa shape index (κ3) is 4.48. The topological polar surface area (TPSA) is 138 Å². The van der Waals surface area contributed by atoms with Crippen molar-refractivity contribution in [2.75, 3.05) is 20.3 Å². The number of esters is 1. The summed E-state index contributed by atoms with van der Waals surface area (Å²) >= 11 is 0. The minimum atomic E-state index is -1.06. The minimum Gasteiger partial charge on any atom is -0.493 e. The number of ketones is 2. The van der Waals surface area contributed by atoms with Gasteiger partial charge >= 0.3 is 5.97 Å². The number of carbonyl (C=O) groups excluding carboxylic acids is 3. The van der Waals surface area contributed by atoms with Crippen LogP contribution >= 0.6 is 0 Å². The molecule has 2 aromatic rings. The highest BCUT2D eigenvalue weighted by atomic mass is 16.6. The number of benzene rings is 1. The van der Waals surface area contributed by atoms with E-state index in [2.05, 4.69) is 4.98 Å². The molecule has 1 N–H and O–H groups in total. The lowest BCUT2D eigenvalue weighted by Gasteiger charge is -2.11. The van der Waals surface area contributed by atoms with Gasteiger partial charge in [0, 0.05) is 17.3 Å². The summed E-state index contributed by atoms with van der Waals surface area (Å²) in [7, 11) is 1.31. The fourth-order valence-corrected chi connectivity index (χ4v) is 3.13. The van der Waals surface area contributed by atoms with E-state index >= 15 is 0 Å². The molecule has 0 aliphatic heterocycles. The fraction of sp³-hybridized carbons (Fsp3) is 0.350. The van der Waals surface area contributed by atoms with Gasteiger partial charge in [-0.2, -0.15) is 0 Å². The molecule has 0 amide bonds. The van der Waals surface area contributed by atoms with Crippen molar-refractivity contribution in [3.05, 3.63) is 50.3 Å². The molecule has 0 aliphatic rings. The summed E-state index contributed by atoms with van der Waals surface area (Å²) in [5, 5.41) is 11.4. The average molecular weight is 418 g/mol. The predicted molar refractivity (Wildman–Crippen MR) is 106 cm³/mol. The summed E-state index contributed by atoms with van der Waals surface area (Å²) < 4.78 is 15.4. The number of aryl methyl sites for hydroxylation is 1. The van der Waals surface area contributed by atoms with Crippen LogP contribution in [0.3, 0.4) is 0 Å². The molecule has 0 radical (unpaired) electrons. The molecule has 0 fully saturated rings. The van der Waals surface area contributed by atoms with E-state index in [1.165, 1.54) is 14.0 Å². The standard InChI is InChI=1S/C20H22N2O8/c1-6-29-17-7-13(14(22(26)27)8-16(17)28-5)20(25)30-9-15(24)19-10(2)18(12(4)23)11(3)21-19/h7-8,21H,6,9H2,1-5H3. The van der Waals surface area contributed by atoms with Crippen LogP contribution in [-0.4, -0.2) is 47.8 Å². The van der Waals surface area contributed by atoms with Crippen LogP contribution in [0.25, 0.3) is 0 Å². The van der Waals surface area contributed by atoms with Gasteiger partial charge in [0.2, 0.25) is 5.78 Å². The SMILES string of the molecule is CCOc1cc(C(=O)OCC(=O)c2[nH]c(C)c(C(C)=O)c2C)c([N+](=O)[O-])cc1OC.